The molecule has 0 amide bonds. The lowest BCUT2D eigenvalue weighted by atomic mass is 10.1. The van der Waals surface area contributed by atoms with Gasteiger partial charge in [0.1, 0.15) is 5.01 Å². The Balaban J connectivity index is 2.05. The molecular weight excluding hydrogens is 260 g/mol. The summed E-state index contributed by atoms with van der Waals surface area (Å²) < 4.78 is 22.8. The number of aromatic nitrogens is 1. The number of rotatable bonds is 4. The van der Waals surface area contributed by atoms with Gasteiger partial charge in [0.05, 0.1) is 23.7 Å². The minimum atomic E-state index is -3.10. The molecule has 0 bridgehead atoms. The van der Waals surface area contributed by atoms with Gasteiger partial charge in [0.25, 0.3) is 0 Å². The highest BCUT2D eigenvalue weighted by Crippen LogP contribution is 2.22. The van der Waals surface area contributed by atoms with Crippen molar-refractivity contribution in [2.75, 3.05) is 11.5 Å². The number of hydrogen-bond donors (Lipinski definition) is 2. The van der Waals surface area contributed by atoms with Crippen LogP contribution in [0.1, 0.15) is 24.4 Å². The number of nitrogens with zero attached hydrogens (tertiary/aromatic N) is 1. The van der Waals surface area contributed by atoms with Crippen molar-refractivity contribution in [3.8, 4) is 0 Å². The molecule has 0 saturated carbocycles. The largest absolute Gasteiger partial charge is 0.390 e. The summed E-state index contributed by atoms with van der Waals surface area (Å²) in [5, 5.41) is 15.7. The van der Waals surface area contributed by atoms with Crippen LogP contribution in [0.3, 0.4) is 0 Å². The highest BCUT2D eigenvalue weighted by atomic mass is 32.2. The number of aliphatic hydroxyl groups is 1. The molecule has 1 aromatic heterocycles. The van der Waals surface area contributed by atoms with E-state index >= 15 is 0 Å². The summed E-state index contributed by atoms with van der Waals surface area (Å²) in [5.74, 6) is -0.130. The van der Waals surface area contributed by atoms with Crippen molar-refractivity contribution >= 4 is 21.2 Å². The Bertz CT molecular complexity index is 458. The van der Waals surface area contributed by atoms with Gasteiger partial charge in [0, 0.05) is 17.6 Å². The van der Waals surface area contributed by atoms with Crippen LogP contribution in [-0.4, -0.2) is 42.2 Å². The van der Waals surface area contributed by atoms with Crippen LogP contribution >= 0.6 is 11.3 Å². The number of nitrogens with one attached hydrogen (secondary N) is 1. The van der Waals surface area contributed by atoms with E-state index in [1.54, 1.807) is 6.20 Å². The van der Waals surface area contributed by atoms with Crippen molar-refractivity contribution in [2.24, 2.45) is 0 Å². The number of thiazole rings is 1. The van der Waals surface area contributed by atoms with Crippen molar-refractivity contribution in [3.05, 3.63) is 16.6 Å². The van der Waals surface area contributed by atoms with Crippen LogP contribution in [-0.2, 0) is 9.84 Å². The molecule has 0 spiro atoms. The lowest BCUT2D eigenvalue weighted by Gasteiger charge is -2.21. The number of sulfone groups is 1. The fraction of sp³-hybridized carbons (Fsp3) is 0.700. The van der Waals surface area contributed by atoms with E-state index in [-0.39, 0.29) is 23.6 Å². The van der Waals surface area contributed by atoms with Gasteiger partial charge in [-0.05, 0) is 6.42 Å². The van der Waals surface area contributed by atoms with Crippen LogP contribution in [0.4, 0.5) is 0 Å². The molecule has 1 aliphatic heterocycles. The molecule has 0 aromatic carbocycles. The van der Waals surface area contributed by atoms with Crippen molar-refractivity contribution in [1.82, 2.24) is 10.3 Å². The summed E-state index contributed by atoms with van der Waals surface area (Å²) in [6.45, 7) is 2.01. The molecule has 1 saturated heterocycles. The van der Waals surface area contributed by atoms with Crippen LogP contribution in [0.25, 0.3) is 0 Å². The van der Waals surface area contributed by atoms with Crippen molar-refractivity contribution in [2.45, 2.75) is 31.5 Å². The Hall–Kier alpha value is -0.500. The van der Waals surface area contributed by atoms with E-state index in [2.05, 4.69) is 10.3 Å². The van der Waals surface area contributed by atoms with Gasteiger partial charge in [-0.2, -0.15) is 0 Å². The molecule has 1 aromatic rings. The zero-order valence-electron chi connectivity index (χ0n) is 9.54. The molecule has 3 atom stereocenters. The lowest BCUT2D eigenvalue weighted by molar-refractivity contribution is 0.158. The molecule has 2 N–H and O–H groups in total. The maximum atomic E-state index is 11.4. The van der Waals surface area contributed by atoms with E-state index in [4.69, 9.17) is 0 Å². The maximum Gasteiger partial charge on any atom is 0.154 e. The Morgan fingerprint density at radius 2 is 2.41 bits per heavy atom. The van der Waals surface area contributed by atoms with Gasteiger partial charge in [-0.3, -0.25) is 0 Å². The third-order valence-electron chi connectivity index (χ3n) is 2.90. The lowest BCUT2D eigenvalue weighted by Crippen LogP contribution is -2.41. The average Bonchev–Trinajstić information content (AvgIpc) is 2.83. The quantitative estimate of drug-likeness (QED) is 0.829. The Kier molecular flexibility index (Phi) is 3.82. The highest BCUT2D eigenvalue weighted by molar-refractivity contribution is 7.91. The summed E-state index contributed by atoms with van der Waals surface area (Å²) in [4.78, 5) is 4.22. The molecule has 17 heavy (non-hydrogen) atoms. The zero-order chi connectivity index (χ0) is 12.5. The standard InChI is InChI=1S/C10H16N2O3S2/c1-2-7(10-11-3-4-16-10)12-8-5-17(14,15)6-9(8)13/h3-4,7-9,12-13H,2,5-6H2,1H3. The highest BCUT2D eigenvalue weighted by Gasteiger charge is 2.37. The van der Waals surface area contributed by atoms with Gasteiger partial charge >= 0.3 is 0 Å². The number of hydrogen-bond acceptors (Lipinski definition) is 6. The predicted molar refractivity (Wildman–Crippen MR) is 66.7 cm³/mol. The van der Waals surface area contributed by atoms with Crippen LogP contribution in [0.2, 0.25) is 0 Å². The minimum absolute atomic E-state index is 0.00996. The Morgan fingerprint density at radius 3 is 2.88 bits per heavy atom. The molecular formula is C10H16N2O3S2. The third-order valence-corrected chi connectivity index (χ3v) is 5.50. The fourth-order valence-electron chi connectivity index (χ4n) is 2.02. The average molecular weight is 276 g/mol. The van der Waals surface area contributed by atoms with Gasteiger partial charge in [-0.1, -0.05) is 6.92 Å². The van der Waals surface area contributed by atoms with Crippen LogP contribution in [0, 0.1) is 0 Å². The summed E-state index contributed by atoms with van der Waals surface area (Å²) in [5.41, 5.74) is 0. The molecule has 2 rings (SSSR count). The summed E-state index contributed by atoms with van der Waals surface area (Å²) in [7, 11) is -3.10. The van der Waals surface area contributed by atoms with Crippen molar-refractivity contribution in [3.63, 3.8) is 0 Å². The van der Waals surface area contributed by atoms with E-state index in [0.29, 0.717) is 0 Å². The normalized spacial score (nSPS) is 29.3. The van der Waals surface area contributed by atoms with E-state index < -0.39 is 15.9 Å². The second kappa shape index (κ2) is 5.01. The summed E-state index contributed by atoms with van der Waals surface area (Å²) in [6.07, 6.45) is 1.73. The smallest absolute Gasteiger partial charge is 0.154 e. The second-order valence-corrected chi connectivity index (χ2v) is 7.33. The van der Waals surface area contributed by atoms with Gasteiger partial charge in [-0.15, -0.1) is 11.3 Å². The van der Waals surface area contributed by atoms with E-state index in [1.165, 1.54) is 11.3 Å². The van der Waals surface area contributed by atoms with E-state index in [0.717, 1.165) is 11.4 Å². The van der Waals surface area contributed by atoms with E-state index in [9.17, 15) is 13.5 Å². The SMILES string of the molecule is CCC(NC1CS(=O)(=O)CC1O)c1nccs1. The molecule has 2 heterocycles. The number of aliphatic hydroxyl groups excluding tert-OH is 1. The van der Waals surface area contributed by atoms with E-state index in [1.807, 2.05) is 12.3 Å². The van der Waals surface area contributed by atoms with Gasteiger partial charge < -0.3 is 10.4 Å². The minimum Gasteiger partial charge on any atom is -0.390 e. The zero-order valence-corrected chi connectivity index (χ0v) is 11.2. The van der Waals surface area contributed by atoms with Crippen molar-refractivity contribution < 1.29 is 13.5 Å². The first-order chi connectivity index (χ1) is 8.02. The first-order valence-corrected chi connectivity index (χ1v) is 8.26. The summed E-state index contributed by atoms with van der Waals surface area (Å²) in [6, 6.07) is -0.364. The molecule has 7 heteroatoms. The van der Waals surface area contributed by atoms with Crippen LogP contribution < -0.4 is 5.32 Å². The van der Waals surface area contributed by atoms with Gasteiger partial charge in [-0.25, -0.2) is 13.4 Å². The topological polar surface area (TPSA) is 79.3 Å². The molecule has 1 aliphatic rings. The van der Waals surface area contributed by atoms with Crippen LogP contribution in [0.15, 0.2) is 11.6 Å². The first kappa shape index (κ1) is 12.9. The molecule has 5 nitrogen and oxygen atoms in total. The van der Waals surface area contributed by atoms with Gasteiger partial charge in [0.15, 0.2) is 9.84 Å². The Morgan fingerprint density at radius 1 is 1.65 bits per heavy atom. The molecule has 3 unspecified atom stereocenters. The third kappa shape index (κ3) is 3.04. The Labute approximate surface area is 105 Å². The maximum absolute atomic E-state index is 11.4. The molecule has 1 fully saturated rings. The predicted octanol–water partition coefficient (Wildman–Crippen LogP) is 0.342. The van der Waals surface area contributed by atoms with Gasteiger partial charge in [0.2, 0.25) is 0 Å². The summed E-state index contributed by atoms with van der Waals surface area (Å²) >= 11 is 1.54. The van der Waals surface area contributed by atoms with Crippen molar-refractivity contribution in [1.29, 1.82) is 0 Å². The molecule has 0 radical (unpaired) electrons. The monoisotopic (exact) mass is 276 g/mol. The first-order valence-electron chi connectivity index (χ1n) is 5.56. The fourth-order valence-corrected chi connectivity index (χ4v) is 4.55. The van der Waals surface area contributed by atoms with Crippen LogP contribution in [0.5, 0.6) is 0 Å². The second-order valence-electron chi connectivity index (χ2n) is 4.25. The molecule has 0 aliphatic carbocycles. The molecule has 96 valence electrons.